The van der Waals surface area contributed by atoms with Crippen molar-refractivity contribution in [2.45, 2.75) is 43.5 Å². The molecule has 1 amide bonds. The molecule has 3 atom stereocenters. The lowest BCUT2D eigenvalue weighted by Crippen LogP contribution is -2.38. The van der Waals surface area contributed by atoms with Crippen molar-refractivity contribution in [3.63, 3.8) is 0 Å². The molecule has 2 fully saturated rings. The fourth-order valence-corrected chi connectivity index (χ4v) is 6.87. The summed E-state index contributed by atoms with van der Waals surface area (Å²) in [6.07, 6.45) is 4.84. The van der Waals surface area contributed by atoms with Crippen LogP contribution < -0.4 is 9.62 Å². The van der Waals surface area contributed by atoms with Crippen molar-refractivity contribution >= 4 is 21.6 Å². The second-order valence-corrected chi connectivity index (χ2v) is 10.4. The van der Waals surface area contributed by atoms with Gasteiger partial charge in [-0.05, 0) is 61.8 Å². The summed E-state index contributed by atoms with van der Waals surface area (Å²) < 4.78 is 27.1. The molecule has 2 saturated carbocycles. The standard InChI is InChI=1S/C22H24N2O3S/c1-13-9-16(22(25)23-19-11-14-7-8-15(19)10-14)12-18-17-5-3-4-6-20(17)28(26,27)24(2)21(13)18/h3-6,9,12,14-15,19H,7-8,10-11H2,1-2H3,(H,23,25)/t14-,15-,19-/m0/s1. The molecule has 0 saturated heterocycles. The molecule has 1 N–H and O–H groups in total. The van der Waals surface area contributed by atoms with E-state index in [4.69, 9.17) is 0 Å². The Morgan fingerprint density at radius 2 is 1.89 bits per heavy atom. The number of rotatable bonds is 2. The number of nitrogens with zero attached hydrogens (tertiary/aromatic N) is 1. The van der Waals surface area contributed by atoms with E-state index in [1.165, 1.54) is 23.6 Å². The first kappa shape index (κ1) is 17.7. The lowest BCUT2D eigenvalue weighted by Gasteiger charge is -2.31. The maximum absolute atomic E-state index is 13.0. The van der Waals surface area contributed by atoms with Crippen LogP contribution in [0.25, 0.3) is 11.1 Å². The number of amides is 1. The first-order valence-corrected chi connectivity index (χ1v) is 11.3. The fraction of sp³-hybridized carbons (Fsp3) is 0.409. The highest BCUT2D eigenvalue weighted by atomic mass is 32.2. The normalized spacial score (nSPS) is 26.6. The van der Waals surface area contributed by atoms with Crippen molar-refractivity contribution in [3.05, 3.63) is 47.5 Å². The summed E-state index contributed by atoms with van der Waals surface area (Å²) in [7, 11) is -2.01. The van der Waals surface area contributed by atoms with Crippen LogP contribution in [0.15, 0.2) is 41.3 Å². The Kier molecular flexibility index (Phi) is 3.85. The summed E-state index contributed by atoms with van der Waals surface area (Å²) in [6, 6.07) is 10.9. The molecular formula is C22H24N2O3S. The lowest BCUT2D eigenvalue weighted by atomic mass is 9.94. The van der Waals surface area contributed by atoms with E-state index in [0.29, 0.717) is 22.7 Å². The van der Waals surface area contributed by atoms with Crippen LogP contribution >= 0.6 is 0 Å². The average molecular weight is 397 g/mol. The molecule has 0 aromatic heterocycles. The van der Waals surface area contributed by atoms with Crippen LogP contribution in [0, 0.1) is 18.8 Å². The van der Waals surface area contributed by atoms with Crippen LogP contribution in [-0.4, -0.2) is 27.4 Å². The summed E-state index contributed by atoms with van der Waals surface area (Å²) >= 11 is 0. The Balaban J connectivity index is 1.56. The maximum Gasteiger partial charge on any atom is 0.264 e. The Hall–Kier alpha value is -2.34. The Bertz CT molecular complexity index is 1090. The lowest BCUT2D eigenvalue weighted by molar-refractivity contribution is 0.0923. The molecule has 146 valence electrons. The molecule has 5 rings (SSSR count). The molecule has 2 bridgehead atoms. The number of aryl methyl sites for hydroxylation is 1. The van der Waals surface area contributed by atoms with Gasteiger partial charge < -0.3 is 5.32 Å². The van der Waals surface area contributed by atoms with Crippen molar-refractivity contribution < 1.29 is 13.2 Å². The van der Waals surface area contributed by atoms with E-state index < -0.39 is 10.0 Å². The van der Waals surface area contributed by atoms with Gasteiger partial charge in [0.2, 0.25) is 0 Å². The zero-order valence-corrected chi connectivity index (χ0v) is 16.9. The molecule has 0 unspecified atom stereocenters. The van der Waals surface area contributed by atoms with E-state index in [-0.39, 0.29) is 16.8 Å². The van der Waals surface area contributed by atoms with E-state index in [1.807, 2.05) is 25.1 Å². The third kappa shape index (κ3) is 2.50. The minimum absolute atomic E-state index is 0.0583. The summed E-state index contributed by atoms with van der Waals surface area (Å²) in [5.74, 6) is 1.33. The highest BCUT2D eigenvalue weighted by molar-refractivity contribution is 7.93. The predicted molar refractivity (Wildman–Crippen MR) is 109 cm³/mol. The van der Waals surface area contributed by atoms with E-state index >= 15 is 0 Å². The zero-order chi connectivity index (χ0) is 19.6. The van der Waals surface area contributed by atoms with Gasteiger partial charge in [0.1, 0.15) is 0 Å². The summed E-state index contributed by atoms with van der Waals surface area (Å²) in [5, 5.41) is 3.24. The number of benzene rings is 2. The van der Waals surface area contributed by atoms with Crippen molar-refractivity contribution in [2.75, 3.05) is 11.4 Å². The van der Waals surface area contributed by atoms with Gasteiger partial charge in [-0.3, -0.25) is 9.10 Å². The van der Waals surface area contributed by atoms with Gasteiger partial charge in [-0.1, -0.05) is 24.6 Å². The molecule has 1 aliphatic heterocycles. The minimum atomic E-state index is -3.58. The number of hydrogen-bond donors (Lipinski definition) is 1. The second kappa shape index (κ2) is 6.08. The molecule has 2 aliphatic carbocycles. The highest BCUT2D eigenvalue weighted by Gasteiger charge is 2.40. The topological polar surface area (TPSA) is 66.5 Å². The monoisotopic (exact) mass is 396 g/mol. The third-order valence-corrected chi connectivity index (χ3v) is 8.56. The van der Waals surface area contributed by atoms with E-state index in [2.05, 4.69) is 5.32 Å². The molecule has 3 aliphatic rings. The minimum Gasteiger partial charge on any atom is -0.349 e. The van der Waals surface area contributed by atoms with Gasteiger partial charge in [-0.25, -0.2) is 8.42 Å². The van der Waals surface area contributed by atoms with E-state index in [1.54, 1.807) is 25.2 Å². The first-order valence-electron chi connectivity index (χ1n) is 9.90. The van der Waals surface area contributed by atoms with Crippen molar-refractivity contribution in [2.24, 2.45) is 11.8 Å². The SMILES string of the molecule is Cc1cc(C(=O)N[C@H]2C[C@H]3CC[C@H]2C3)cc2c1N(C)S(=O)(=O)c1ccccc1-2. The largest absolute Gasteiger partial charge is 0.349 e. The Labute approximate surface area is 165 Å². The number of sulfonamides is 1. The molecule has 28 heavy (non-hydrogen) atoms. The zero-order valence-electron chi connectivity index (χ0n) is 16.1. The summed E-state index contributed by atoms with van der Waals surface area (Å²) in [6.45, 7) is 1.87. The van der Waals surface area contributed by atoms with Crippen molar-refractivity contribution in [3.8, 4) is 11.1 Å². The van der Waals surface area contributed by atoms with E-state index in [0.717, 1.165) is 23.5 Å². The van der Waals surface area contributed by atoms with Gasteiger partial charge in [-0.2, -0.15) is 0 Å². The number of carbonyl (C=O) groups is 1. The predicted octanol–water partition coefficient (Wildman–Crippen LogP) is 3.72. The number of anilines is 1. The fourth-order valence-electron chi connectivity index (χ4n) is 5.39. The molecule has 1 heterocycles. The summed E-state index contributed by atoms with van der Waals surface area (Å²) in [5.41, 5.74) is 3.49. The van der Waals surface area contributed by atoms with Crippen LogP contribution in [0.4, 0.5) is 5.69 Å². The molecule has 2 aromatic rings. The van der Waals surface area contributed by atoms with Gasteiger partial charge in [0.05, 0.1) is 10.6 Å². The molecule has 0 spiro atoms. The molecule has 0 radical (unpaired) electrons. The first-order chi connectivity index (χ1) is 13.4. The Morgan fingerprint density at radius 1 is 1.11 bits per heavy atom. The molecular weight excluding hydrogens is 372 g/mol. The van der Waals surface area contributed by atoms with E-state index in [9.17, 15) is 13.2 Å². The van der Waals surface area contributed by atoms with Gasteiger partial charge in [0.25, 0.3) is 15.9 Å². The smallest absolute Gasteiger partial charge is 0.264 e. The maximum atomic E-state index is 13.0. The van der Waals surface area contributed by atoms with Gasteiger partial charge in [0, 0.05) is 29.8 Å². The molecule has 5 nitrogen and oxygen atoms in total. The molecule has 6 heteroatoms. The van der Waals surface area contributed by atoms with Crippen LogP contribution in [0.1, 0.15) is 41.6 Å². The average Bonchev–Trinajstić information content (AvgIpc) is 3.29. The van der Waals surface area contributed by atoms with Crippen LogP contribution in [0.3, 0.4) is 0 Å². The van der Waals surface area contributed by atoms with Gasteiger partial charge in [-0.15, -0.1) is 0 Å². The van der Waals surface area contributed by atoms with Crippen LogP contribution in [-0.2, 0) is 10.0 Å². The second-order valence-electron chi connectivity index (χ2n) is 8.41. The van der Waals surface area contributed by atoms with Crippen molar-refractivity contribution in [1.29, 1.82) is 0 Å². The van der Waals surface area contributed by atoms with Crippen molar-refractivity contribution in [1.82, 2.24) is 5.32 Å². The number of carbonyl (C=O) groups excluding carboxylic acids is 1. The van der Waals surface area contributed by atoms with Crippen LogP contribution in [0.5, 0.6) is 0 Å². The quantitative estimate of drug-likeness (QED) is 0.841. The molecule has 2 aromatic carbocycles. The third-order valence-electron chi connectivity index (χ3n) is 6.75. The Morgan fingerprint density at radius 3 is 2.61 bits per heavy atom. The highest BCUT2D eigenvalue weighted by Crippen LogP contribution is 2.46. The summed E-state index contributed by atoms with van der Waals surface area (Å²) in [4.78, 5) is 13.3. The number of fused-ring (bicyclic) bond motifs is 5. The number of hydrogen-bond acceptors (Lipinski definition) is 3. The van der Waals surface area contributed by atoms with Crippen LogP contribution in [0.2, 0.25) is 0 Å². The number of nitrogens with one attached hydrogen (secondary N) is 1. The van der Waals surface area contributed by atoms with Gasteiger partial charge >= 0.3 is 0 Å². The van der Waals surface area contributed by atoms with Gasteiger partial charge in [0.15, 0.2) is 0 Å².